The van der Waals surface area contributed by atoms with Crippen LogP contribution in [0.25, 0.3) is 0 Å². The molecule has 2 saturated heterocycles. The van der Waals surface area contributed by atoms with Gasteiger partial charge in [-0.2, -0.15) is 0 Å². The molecule has 3 atom stereocenters. The number of nitrogens with zero attached hydrogens (tertiary/aromatic N) is 3. The molecule has 0 radical (unpaired) electrons. The third-order valence-electron chi connectivity index (χ3n) is 7.87. The van der Waals surface area contributed by atoms with Crippen molar-refractivity contribution in [2.75, 3.05) is 13.1 Å². The molecule has 0 aliphatic carbocycles. The van der Waals surface area contributed by atoms with Gasteiger partial charge in [0.15, 0.2) is 5.78 Å². The van der Waals surface area contributed by atoms with Gasteiger partial charge in [-0.3, -0.25) is 24.2 Å². The van der Waals surface area contributed by atoms with Gasteiger partial charge in [0.25, 0.3) is 11.8 Å². The number of Topliss-reactive ketones (excluding diaryl/α,β-unsaturated/α-hetero) is 1. The summed E-state index contributed by atoms with van der Waals surface area (Å²) < 4.78 is 0. The van der Waals surface area contributed by atoms with Crippen molar-refractivity contribution in [1.82, 2.24) is 20.1 Å². The lowest BCUT2D eigenvalue weighted by Gasteiger charge is -2.28. The van der Waals surface area contributed by atoms with Crippen LogP contribution >= 0.6 is 0 Å². The first-order chi connectivity index (χ1) is 19.5. The number of phenolic OH excluding ortho intramolecular Hbond substituents is 1. The first-order valence-electron chi connectivity index (χ1n) is 13.8. The number of ketones is 1. The van der Waals surface area contributed by atoms with Gasteiger partial charge < -0.3 is 20.2 Å². The molecular weight excluding hydrogens is 520 g/mol. The number of hydrogen-bond donors (Lipinski definition) is 2. The first kappa shape index (κ1) is 28.0. The van der Waals surface area contributed by atoms with Gasteiger partial charge in [-0.05, 0) is 59.4 Å². The van der Waals surface area contributed by atoms with Crippen molar-refractivity contribution in [2.45, 2.75) is 57.2 Å². The second-order valence-corrected chi connectivity index (χ2v) is 11.7. The molecule has 2 fully saturated rings. The second-order valence-electron chi connectivity index (χ2n) is 11.7. The summed E-state index contributed by atoms with van der Waals surface area (Å²) in [5, 5.41) is 12.6. The van der Waals surface area contributed by atoms with E-state index >= 15 is 0 Å². The van der Waals surface area contributed by atoms with Gasteiger partial charge >= 0.3 is 0 Å². The Balaban J connectivity index is 1.37. The number of aromatic hydroxyl groups is 1. The van der Waals surface area contributed by atoms with Crippen molar-refractivity contribution < 1.29 is 24.3 Å². The summed E-state index contributed by atoms with van der Waals surface area (Å²) in [4.78, 5) is 60.7. The maximum absolute atomic E-state index is 14.0. The van der Waals surface area contributed by atoms with E-state index in [1.165, 1.54) is 28.1 Å². The molecule has 2 aliphatic rings. The van der Waals surface area contributed by atoms with Gasteiger partial charge in [-0.1, -0.05) is 45.0 Å². The zero-order chi connectivity index (χ0) is 29.3. The molecule has 3 aromatic rings. The van der Waals surface area contributed by atoms with E-state index in [0.29, 0.717) is 24.1 Å². The Bertz CT molecular complexity index is 1450. The average Bonchev–Trinajstić information content (AvgIpc) is 3.54. The Hall–Kier alpha value is -4.53. The van der Waals surface area contributed by atoms with Crippen molar-refractivity contribution in [3.63, 3.8) is 0 Å². The molecule has 0 spiro atoms. The molecule has 0 saturated carbocycles. The number of carbonyl (C=O) groups excluding carboxylic acids is 4. The number of nitrogens with one attached hydrogen (secondary N) is 1. The summed E-state index contributed by atoms with van der Waals surface area (Å²) in [5.74, 6) is -1.18. The van der Waals surface area contributed by atoms with Crippen LogP contribution in [-0.2, 0) is 21.4 Å². The molecule has 3 heterocycles. The largest absolute Gasteiger partial charge is 0.508 e. The Kier molecular flexibility index (Phi) is 7.62. The van der Waals surface area contributed by atoms with E-state index in [2.05, 4.69) is 31.1 Å². The number of carbonyl (C=O) groups is 4. The van der Waals surface area contributed by atoms with E-state index in [9.17, 15) is 24.3 Å². The number of rotatable bonds is 6. The smallest absolute Gasteiger partial charge is 0.256 e. The van der Waals surface area contributed by atoms with Crippen LogP contribution < -0.4 is 5.32 Å². The molecule has 2 aliphatic heterocycles. The van der Waals surface area contributed by atoms with Crippen molar-refractivity contribution >= 4 is 23.5 Å². The van der Waals surface area contributed by atoms with Gasteiger partial charge in [0.05, 0.1) is 18.2 Å². The standard InChI is InChI=1S/C32H34N4O5/c1-32(2,3)23-10-8-21(9-11-23)29(39)34-25(17-20-6-12-24(37)13-7-20)31(41)35-16-14-26-28(35)27(38)19-36(26)30(40)22-5-4-15-33-18-22/h4-13,15,18,25-26,28,37H,14,16-17,19H2,1-3H3,(H,34,39)/t25-,26?,28?/m0/s1. The Morgan fingerprint density at radius 3 is 2.34 bits per heavy atom. The molecule has 9 heteroatoms. The predicted octanol–water partition coefficient (Wildman–Crippen LogP) is 3.12. The van der Waals surface area contributed by atoms with E-state index in [4.69, 9.17) is 0 Å². The Labute approximate surface area is 239 Å². The van der Waals surface area contributed by atoms with Crippen LogP contribution in [-0.4, -0.2) is 74.6 Å². The number of pyridine rings is 1. The van der Waals surface area contributed by atoms with Crippen LogP contribution in [0.2, 0.25) is 0 Å². The minimum absolute atomic E-state index is 0.0707. The maximum atomic E-state index is 14.0. The number of benzene rings is 2. The van der Waals surface area contributed by atoms with Gasteiger partial charge in [0.1, 0.15) is 17.8 Å². The number of hydrogen-bond acceptors (Lipinski definition) is 6. The summed E-state index contributed by atoms with van der Waals surface area (Å²) in [5.41, 5.74) is 2.57. The highest BCUT2D eigenvalue weighted by Crippen LogP contribution is 2.32. The second kappa shape index (κ2) is 11.2. The molecule has 41 heavy (non-hydrogen) atoms. The SMILES string of the molecule is CC(C)(C)c1ccc(C(=O)N[C@@H](Cc2ccc(O)cc2)C(=O)N2CCC3C2C(=O)CN3C(=O)c2cccnc2)cc1. The molecule has 9 nitrogen and oxygen atoms in total. The molecule has 1 aromatic heterocycles. The molecule has 3 amide bonds. The van der Waals surface area contributed by atoms with Crippen molar-refractivity contribution in [1.29, 1.82) is 0 Å². The number of fused-ring (bicyclic) bond motifs is 1. The predicted molar refractivity (Wildman–Crippen MR) is 152 cm³/mol. The summed E-state index contributed by atoms with van der Waals surface area (Å²) in [6, 6.07) is 14.9. The molecule has 2 unspecified atom stereocenters. The highest BCUT2D eigenvalue weighted by Gasteiger charge is 2.52. The zero-order valence-electron chi connectivity index (χ0n) is 23.4. The van der Waals surface area contributed by atoms with Crippen LogP contribution in [0, 0.1) is 0 Å². The Morgan fingerprint density at radius 1 is 1.00 bits per heavy atom. The lowest BCUT2D eigenvalue weighted by Crippen LogP contribution is -2.53. The summed E-state index contributed by atoms with van der Waals surface area (Å²) in [7, 11) is 0. The highest BCUT2D eigenvalue weighted by molar-refractivity contribution is 6.03. The van der Waals surface area contributed by atoms with Gasteiger partial charge in [0, 0.05) is 30.9 Å². The topological polar surface area (TPSA) is 120 Å². The fourth-order valence-electron chi connectivity index (χ4n) is 5.63. The van der Waals surface area contributed by atoms with Crippen molar-refractivity contribution in [3.8, 4) is 5.75 Å². The van der Waals surface area contributed by atoms with Crippen LogP contribution in [0.15, 0.2) is 73.1 Å². The summed E-state index contributed by atoms with van der Waals surface area (Å²) >= 11 is 0. The Morgan fingerprint density at radius 2 is 1.71 bits per heavy atom. The number of amides is 3. The maximum Gasteiger partial charge on any atom is 0.256 e. The van der Waals surface area contributed by atoms with Crippen molar-refractivity contribution in [2.24, 2.45) is 0 Å². The molecular formula is C32H34N4O5. The van der Waals surface area contributed by atoms with E-state index in [0.717, 1.165) is 11.1 Å². The van der Waals surface area contributed by atoms with E-state index in [1.807, 2.05) is 12.1 Å². The fourth-order valence-corrected chi connectivity index (χ4v) is 5.63. The monoisotopic (exact) mass is 554 g/mol. The average molecular weight is 555 g/mol. The van der Waals surface area contributed by atoms with E-state index in [-0.39, 0.29) is 41.7 Å². The quantitative estimate of drug-likeness (QED) is 0.483. The third kappa shape index (κ3) is 5.84. The van der Waals surface area contributed by atoms with Gasteiger partial charge in [0.2, 0.25) is 5.91 Å². The molecule has 0 bridgehead atoms. The van der Waals surface area contributed by atoms with Crippen LogP contribution in [0.3, 0.4) is 0 Å². The van der Waals surface area contributed by atoms with E-state index < -0.39 is 24.0 Å². The number of aromatic nitrogens is 1. The first-order valence-corrected chi connectivity index (χ1v) is 13.8. The lowest BCUT2D eigenvalue weighted by molar-refractivity contribution is -0.138. The highest BCUT2D eigenvalue weighted by atomic mass is 16.3. The normalized spacial score (nSPS) is 19.1. The zero-order valence-corrected chi connectivity index (χ0v) is 23.4. The molecule has 5 rings (SSSR count). The minimum atomic E-state index is -0.955. The number of phenols is 1. The van der Waals surface area contributed by atoms with Crippen LogP contribution in [0.1, 0.15) is 59.0 Å². The van der Waals surface area contributed by atoms with Crippen LogP contribution in [0.5, 0.6) is 5.75 Å². The van der Waals surface area contributed by atoms with Crippen molar-refractivity contribution in [3.05, 3.63) is 95.3 Å². The fraction of sp³-hybridized carbons (Fsp3) is 0.344. The lowest BCUT2D eigenvalue weighted by atomic mass is 9.86. The van der Waals surface area contributed by atoms with Crippen LogP contribution in [0.4, 0.5) is 0 Å². The number of likely N-dealkylation sites (tertiary alicyclic amines) is 2. The van der Waals surface area contributed by atoms with Gasteiger partial charge in [-0.25, -0.2) is 0 Å². The summed E-state index contributed by atoms with van der Waals surface area (Å²) in [6.45, 7) is 6.48. The minimum Gasteiger partial charge on any atom is -0.508 e. The summed E-state index contributed by atoms with van der Waals surface area (Å²) in [6.07, 6.45) is 3.68. The third-order valence-corrected chi connectivity index (χ3v) is 7.87. The molecule has 212 valence electrons. The van der Waals surface area contributed by atoms with Gasteiger partial charge in [-0.15, -0.1) is 0 Å². The molecule has 2 N–H and O–H groups in total. The van der Waals surface area contributed by atoms with E-state index in [1.54, 1.807) is 42.6 Å². The molecule has 2 aromatic carbocycles.